The molecule has 0 unspecified atom stereocenters. The van der Waals surface area contributed by atoms with Gasteiger partial charge in [0.1, 0.15) is 11.3 Å². The highest BCUT2D eigenvalue weighted by Gasteiger charge is 2.17. The first-order chi connectivity index (χ1) is 8.74. The van der Waals surface area contributed by atoms with E-state index in [9.17, 15) is 4.39 Å². The number of aromatic nitrogens is 3. The van der Waals surface area contributed by atoms with Crippen molar-refractivity contribution in [3.05, 3.63) is 22.4 Å². The minimum atomic E-state index is -0.319. The molecule has 0 amide bonds. The Kier molecular flexibility index (Phi) is 3.30. The number of rotatable bonds is 4. The Morgan fingerprint density at radius 3 is 3.00 bits per heavy atom. The van der Waals surface area contributed by atoms with Crippen LogP contribution in [0.2, 0.25) is 0 Å². The summed E-state index contributed by atoms with van der Waals surface area (Å²) < 4.78 is 21.2. The number of hydrogen-bond donors (Lipinski definition) is 0. The highest BCUT2D eigenvalue weighted by molar-refractivity contribution is 9.10. The van der Waals surface area contributed by atoms with E-state index in [2.05, 4.69) is 26.2 Å². The fourth-order valence-electron chi connectivity index (χ4n) is 1.97. The van der Waals surface area contributed by atoms with Crippen LogP contribution in [0, 0.1) is 5.82 Å². The van der Waals surface area contributed by atoms with Gasteiger partial charge in [-0.15, -0.1) is 5.10 Å². The quantitative estimate of drug-likeness (QED) is 0.871. The normalized spacial score (nSPS) is 16.1. The molecule has 3 rings (SSSR count). The highest BCUT2D eigenvalue weighted by atomic mass is 79.9. The molecule has 1 fully saturated rings. The molecule has 4 nitrogen and oxygen atoms in total. The first kappa shape index (κ1) is 12.0. The summed E-state index contributed by atoms with van der Waals surface area (Å²) in [5.74, 6) is -0.319. The van der Waals surface area contributed by atoms with E-state index in [1.54, 1.807) is 10.7 Å². The van der Waals surface area contributed by atoms with E-state index in [1.807, 2.05) is 0 Å². The third-order valence-corrected chi connectivity index (χ3v) is 3.87. The summed E-state index contributed by atoms with van der Waals surface area (Å²) in [6, 6.07) is 3.09. The highest BCUT2D eigenvalue weighted by Crippen LogP contribution is 2.23. The molecule has 6 heteroatoms. The van der Waals surface area contributed by atoms with Gasteiger partial charge in [-0.05, 0) is 41.3 Å². The molecule has 0 radical (unpaired) electrons. The topological polar surface area (TPSA) is 39.9 Å². The molecule has 0 saturated heterocycles. The van der Waals surface area contributed by atoms with Crippen molar-refractivity contribution in [3.8, 4) is 0 Å². The lowest BCUT2D eigenvalue weighted by Crippen LogP contribution is -2.23. The van der Waals surface area contributed by atoms with Crippen molar-refractivity contribution in [1.29, 1.82) is 0 Å². The van der Waals surface area contributed by atoms with Gasteiger partial charge in [0.15, 0.2) is 0 Å². The molecule has 1 aliphatic carbocycles. The van der Waals surface area contributed by atoms with E-state index >= 15 is 0 Å². The van der Waals surface area contributed by atoms with E-state index in [0.717, 1.165) is 18.4 Å². The molecule has 0 aliphatic heterocycles. The molecule has 18 heavy (non-hydrogen) atoms. The van der Waals surface area contributed by atoms with Crippen molar-refractivity contribution < 1.29 is 9.13 Å². The molecule has 96 valence electrons. The molecule has 2 aromatic rings. The van der Waals surface area contributed by atoms with E-state index in [-0.39, 0.29) is 5.82 Å². The predicted molar refractivity (Wildman–Crippen MR) is 68.8 cm³/mol. The Balaban J connectivity index is 1.73. The second-order valence-corrected chi connectivity index (χ2v) is 5.35. The fraction of sp³-hybridized carbons (Fsp3) is 0.500. The third kappa shape index (κ3) is 2.27. The van der Waals surface area contributed by atoms with Crippen molar-refractivity contribution in [2.45, 2.75) is 31.9 Å². The van der Waals surface area contributed by atoms with Crippen LogP contribution < -0.4 is 0 Å². The molecule has 1 aromatic carbocycles. The maximum Gasteiger partial charge on any atom is 0.139 e. The van der Waals surface area contributed by atoms with Crippen LogP contribution in [0.1, 0.15) is 19.3 Å². The summed E-state index contributed by atoms with van der Waals surface area (Å²) in [5.41, 5.74) is 1.39. The van der Waals surface area contributed by atoms with Crippen molar-refractivity contribution in [3.63, 3.8) is 0 Å². The standard InChI is InChI=1S/C12H13BrFN3O/c13-9-6-12-11(7-10(9)14)15-16-17(12)4-5-18-8-2-1-3-8/h6-8H,1-5H2. The molecule has 0 bridgehead atoms. The van der Waals surface area contributed by atoms with E-state index in [1.165, 1.54) is 12.5 Å². The van der Waals surface area contributed by atoms with Crippen LogP contribution in [-0.4, -0.2) is 27.7 Å². The van der Waals surface area contributed by atoms with Crippen LogP contribution >= 0.6 is 15.9 Å². The lowest BCUT2D eigenvalue weighted by atomic mass is 9.96. The van der Waals surface area contributed by atoms with Crippen LogP contribution in [-0.2, 0) is 11.3 Å². The molecule has 1 aromatic heterocycles. The number of halogens is 2. The molecule has 1 saturated carbocycles. The van der Waals surface area contributed by atoms with Crippen molar-refractivity contribution in [2.24, 2.45) is 0 Å². The second-order valence-electron chi connectivity index (χ2n) is 4.49. The van der Waals surface area contributed by atoms with Gasteiger partial charge in [-0.1, -0.05) is 5.21 Å². The van der Waals surface area contributed by atoms with Crippen LogP contribution in [0.15, 0.2) is 16.6 Å². The van der Waals surface area contributed by atoms with Crippen molar-refractivity contribution in [2.75, 3.05) is 6.61 Å². The molecule has 1 heterocycles. The summed E-state index contributed by atoms with van der Waals surface area (Å²) in [4.78, 5) is 0. The van der Waals surface area contributed by atoms with Gasteiger partial charge in [-0.25, -0.2) is 9.07 Å². The Morgan fingerprint density at radius 2 is 2.28 bits per heavy atom. The van der Waals surface area contributed by atoms with Crippen molar-refractivity contribution >= 4 is 27.0 Å². The largest absolute Gasteiger partial charge is 0.376 e. The maximum absolute atomic E-state index is 13.3. The fourth-order valence-corrected chi connectivity index (χ4v) is 2.30. The lowest BCUT2D eigenvalue weighted by molar-refractivity contribution is -0.00212. The summed E-state index contributed by atoms with van der Waals surface area (Å²) in [6.45, 7) is 1.27. The van der Waals surface area contributed by atoms with Gasteiger partial charge in [0.2, 0.25) is 0 Å². The van der Waals surface area contributed by atoms with Crippen LogP contribution in [0.3, 0.4) is 0 Å². The molecule has 0 spiro atoms. The van der Waals surface area contributed by atoms with Gasteiger partial charge >= 0.3 is 0 Å². The average Bonchev–Trinajstić information content (AvgIpc) is 2.66. The van der Waals surface area contributed by atoms with Crippen molar-refractivity contribution in [1.82, 2.24) is 15.0 Å². The van der Waals surface area contributed by atoms with E-state index in [0.29, 0.717) is 29.2 Å². The van der Waals surface area contributed by atoms with Gasteiger partial charge in [-0.3, -0.25) is 0 Å². The predicted octanol–water partition coefficient (Wildman–Crippen LogP) is 2.90. The number of hydrogen-bond acceptors (Lipinski definition) is 3. The number of ether oxygens (including phenoxy) is 1. The number of fused-ring (bicyclic) bond motifs is 1. The third-order valence-electron chi connectivity index (χ3n) is 3.26. The Labute approximate surface area is 112 Å². The van der Waals surface area contributed by atoms with Crippen LogP contribution in [0.5, 0.6) is 0 Å². The number of benzene rings is 1. The van der Waals surface area contributed by atoms with E-state index in [4.69, 9.17) is 4.74 Å². The summed E-state index contributed by atoms with van der Waals surface area (Å²) in [5, 5.41) is 7.97. The zero-order valence-corrected chi connectivity index (χ0v) is 11.4. The first-order valence-corrected chi connectivity index (χ1v) is 6.83. The molecule has 0 N–H and O–H groups in total. The summed E-state index contributed by atoms with van der Waals surface area (Å²) in [7, 11) is 0. The minimum Gasteiger partial charge on any atom is -0.376 e. The second kappa shape index (κ2) is 4.93. The smallest absolute Gasteiger partial charge is 0.139 e. The zero-order chi connectivity index (χ0) is 12.5. The molecule has 0 atom stereocenters. The monoisotopic (exact) mass is 313 g/mol. The maximum atomic E-state index is 13.3. The van der Waals surface area contributed by atoms with Crippen LogP contribution in [0.4, 0.5) is 4.39 Å². The first-order valence-electron chi connectivity index (χ1n) is 6.04. The molecule has 1 aliphatic rings. The SMILES string of the molecule is Fc1cc2nnn(CCOC3CCC3)c2cc1Br. The van der Waals surface area contributed by atoms with Gasteiger partial charge in [0.05, 0.1) is 29.2 Å². The summed E-state index contributed by atoms with van der Waals surface area (Å²) in [6.07, 6.45) is 4.01. The molecular formula is C12H13BrFN3O. The van der Waals surface area contributed by atoms with Gasteiger partial charge < -0.3 is 4.74 Å². The minimum absolute atomic E-state index is 0.319. The molecular weight excluding hydrogens is 301 g/mol. The number of nitrogens with zero attached hydrogens (tertiary/aromatic N) is 3. The van der Waals surface area contributed by atoms with Gasteiger partial charge in [0, 0.05) is 6.07 Å². The Bertz CT molecular complexity index is 568. The van der Waals surface area contributed by atoms with Crippen LogP contribution in [0.25, 0.3) is 11.0 Å². The lowest BCUT2D eigenvalue weighted by Gasteiger charge is -2.25. The Morgan fingerprint density at radius 1 is 1.44 bits per heavy atom. The van der Waals surface area contributed by atoms with E-state index < -0.39 is 0 Å². The Hall–Kier alpha value is -1.01. The zero-order valence-electron chi connectivity index (χ0n) is 9.77. The summed E-state index contributed by atoms with van der Waals surface area (Å²) >= 11 is 3.17. The van der Waals surface area contributed by atoms with Gasteiger partial charge in [-0.2, -0.15) is 0 Å². The van der Waals surface area contributed by atoms with Gasteiger partial charge in [0.25, 0.3) is 0 Å². The average molecular weight is 314 g/mol.